The summed E-state index contributed by atoms with van der Waals surface area (Å²) in [6.45, 7) is 0.197. The maximum Gasteiger partial charge on any atom is 0.260 e. The minimum atomic E-state index is -0.825. The van der Waals surface area contributed by atoms with E-state index >= 15 is 0 Å². The molecule has 1 saturated carbocycles. The topological polar surface area (TPSA) is 72.2 Å². The molecule has 38 heavy (non-hydrogen) atoms. The van der Waals surface area contributed by atoms with Gasteiger partial charge in [0.1, 0.15) is 5.56 Å². The molecule has 0 saturated heterocycles. The average Bonchev–Trinajstić information content (AvgIpc) is 3.48. The fourth-order valence-corrected chi connectivity index (χ4v) is 5.87. The summed E-state index contributed by atoms with van der Waals surface area (Å²) in [7, 11) is 0. The number of halogens is 1. The van der Waals surface area contributed by atoms with Gasteiger partial charge in [-0.25, -0.2) is 4.68 Å². The molecule has 7 nitrogen and oxygen atoms in total. The first-order valence-corrected chi connectivity index (χ1v) is 13.7. The van der Waals surface area contributed by atoms with Crippen molar-refractivity contribution in [1.82, 2.24) is 24.6 Å². The highest BCUT2D eigenvalue weighted by Crippen LogP contribution is 2.35. The molecular formula is C30H30ClN5O2. The molecule has 0 radical (unpaired) electrons. The van der Waals surface area contributed by atoms with E-state index in [4.69, 9.17) is 11.6 Å². The van der Waals surface area contributed by atoms with Gasteiger partial charge in [0.15, 0.2) is 11.9 Å². The van der Waals surface area contributed by atoms with Crippen LogP contribution >= 0.6 is 11.6 Å². The van der Waals surface area contributed by atoms with Crippen LogP contribution in [0.4, 0.5) is 0 Å². The van der Waals surface area contributed by atoms with Crippen molar-refractivity contribution in [1.29, 1.82) is 0 Å². The Labute approximate surface area is 227 Å². The van der Waals surface area contributed by atoms with Gasteiger partial charge < -0.3 is 14.8 Å². The first-order valence-electron chi connectivity index (χ1n) is 13.3. The van der Waals surface area contributed by atoms with E-state index in [1.54, 1.807) is 21.8 Å². The Bertz CT molecular complexity index is 1450. The maximum atomic E-state index is 14.3. The average molecular weight is 528 g/mol. The van der Waals surface area contributed by atoms with Crippen LogP contribution in [-0.4, -0.2) is 37.1 Å². The molecule has 8 heteroatoms. The zero-order valence-electron chi connectivity index (χ0n) is 21.1. The van der Waals surface area contributed by atoms with Crippen molar-refractivity contribution in [3.63, 3.8) is 0 Å². The van der Waals surface area contributed by atoms with Gasteiger partial charge in [-0.3, -0.25) is 9.59 Å². The van der Waals surface area contributed by atoms with E-state index in [0.717, 1.165) is 36.9 Å². The van der Waals surface area contributed by atoms with Crippen molar-refractivity contribution in [2.24, 2.45) is 0 Å². The molecule has 0 spiro atoms. The first-order chi connectivity index (χ1) is 18.6. The summed E-state index contributed by atoms with van der Waals surface area (Å²) in [6, 6.07) is 20.3. The molecule has 4 aromatic rings. The summed E-state index contributed by atoms with van der Waals surface area (Å²) in [5.74, 6) is 0.198. The van der Waals surface area contributed by atoms with Gasteiger partial charge in [-0.1, -0.05) is 73.7 Å². The van der Waals surface area contributed by atoms with E-state index in [-0.39, 0.29) is 24.4 Å². The summed E-state index contributed by atoms with van der Waals surface area (Å²) < 4.78 is 3.69. The van der Waals surface area contributed by atoms with E-state index in [0.29, 0.717) is 22.1 Å². The lowest BCUT2D eigenvalue weighted by molar-refractivity contribution is -0.127. The van der Waals surface area contributed by atoms with Gasteiger partial charge in [0.25, 0.3) is 5.91 Å². The number of carbonyl (C=O) groups is 2. The zero-order chi connectivity index (χ0) is 26.1. The number of carbonyl (C=O) groups excluding carboxylic acids is 2. The lowest BCUT2D eigenvalue weighted by Gasteiger charge is -2.31. The monoisotopic (exact) mass is 527 g/mol. The highest BCUT2D eigenvalue weighted by atomic mass is 35.5. The Morgan fingerprint density at radius 2 is 1.68 bits per heavy atom. The lowest BCUT2D eigenvalue weighted by atomic mass is 10.1. The molecule has 2 aliphatic rings. The molecule has 194 valence electrons. The predicted octanol–water partition coefficient (Wildman–Crippen LogP) is 5.85. The Hall–Kier alpha value is -3.84. The molecule has 0 bridgehead atoms. The second-order valence-corrected chi connectivity index (χ2v) is 10.5. The molecule has 1 aliphatic heterocycles. The molecule has 3 heterocycles. The fourth-order valence-electron chi connectivity index (χ4n) is 5.68. The molecule has 1 unspecified atom stereocenters. The largest absolute Gasteiger partial charge is 0.351 e. The van der Waals surface area contributed by atoms with Gasteiger partial charge in [0.05, 0.1) is 17.6 Å². The van der Waals surface area contributed by atoms with Gasteiger partial charge in [0, 0.05) is 23.8 Å². The van der Waals surface area contributed by atoms with Crippen LogP contribution in [0.25, 0.3) is 11.5 Å². The molecule has 6 rings (SSSR count). The third-order valence-corrected chi connectivity index (χ3v) is 7.95. The molecule has 1 atom stereocenters. The number of nitrogens with one attached hydrogen (secondary N) is 1. The summed E-state index contributed by atoms with van der Waals surface area (Å²) in [5, 5.41) is 8.45. The van der Waals surface area contributed by atoms with E-state index in [1.165, 1.54) is 12.8 Å². The van der Waals surface area contributed by atoms with Crippen LogP contribution in [0, 0.1) is 0 Å². The van der Waals surface area contributed by atoms with Crippen LogP contribution in [0.3, 0.4) is 0 Å². The molecular weight excluding hydrogens is 498 g/mol. The first kappa shape index (κ1) is 24.5. The molecule has 1 N–H and O–H groups in total. The third kappa shape index (κ3) is 4.52. The Morgan fingerprint density at radius 3 is 2.45 bits per heavy atom. The van der Waals surface area contributed by atoms with Crippen LogP contribution in [0.5, 0.6) is 0 Å². The molecule has 2 aromatic heterocycles. The van der Waals surface area contributed by atoms with Crippen molar-refractivity contribution >= 4 is 23.4 Å². The van der Waals surface area contributed by atoms with Crippen molar-refractivity contribution in [2.75, 3.05) is 0 Å². The number of aromatic nitrogens is 3. The standard InChI is InChI=1S/C30H30ClN5O2/c31-25-16-9-8-11-21(25)20-35-27(28(37)33-22-12-4-1-2-5-13-22)26-17-10-18-34(26)29-24(30(35)38)19-32-36(29)23-14-6-3-7-15-23/h3,6-11,14-19,22,27H,1-2,4-5,12-13,20H2,(H,33,37). The number of fused-ring (bicyclic) bond motifs is 3. The van der Waals surface area contributed by atoms with E-state index in [1.807, 2.05) is 71.4 Å². The van der Waals surface area contributed by atoms with Gasteiger partial charge in [-0.2, -0.15) is 5.10 Å². The summed E-state index contributed by atoms with van der Waals surface area (Å²) in [5.41, 5.74) is 2.77. The van der Waals surface area contributed by atoms with Crippen LogP contribution in [0.15, 0.2) is 79.1 Å². The van der Waals surface area contributed by atoms with E-state index in [2.05, 4.69) is 10.4 Å². The number of amides is 2. The Balaban J connectivity index is 1.47. The molecule has 1 aliphatic carbocycles. The lowest BCUT2D eigenvalue weighted by Crippen LogP contribution is -2.46. The highest BCUT2D eigenvalue weighted by molar-refractivity contribution is 6.31. The van der Waals surface area contributed by atoms with Crippen LogP contribution < -0.4 is 5.32 Å². The van der Waals surface area contributed by atoms with Crippen molar-refractivity contribution in [3.8, 4) is 11.5 Å². The van der Waals surface area contributed by atoms with Crippen molar-refractivity contribution in [3.05, 3.63) is 101 Å². The van der Waals surface area contributed by atoms with Gasteiger partial charge in [-0.15, -0.1) is 0 Å². The Morgan fingerprint density at radius 1 is 0.947 bits per heavy atom. The van der Waals surface area contributed by atoms with Crippen LogP contribution in [0.2, 0.25) is 5.02 Å². The van der Waals surface area contributed by atoms with Gasteiger partial charge in [0.2, 0.25) is 5.91 Å². The zero-order valence-corrected chi connectivity index (χ0v) is 21.8. The normalized spacial score (nSPS) is 17.9. The number of para-hydroxylation sites is 1. The number of hydrogen-bond acceptors (Lipinski definition) is 3. The fraction of sp³-hybridized carbons (Fsp3) is 0.300. The summed E-state index contributed by atoms with van der Waals surface area (Å²) in [4.78, 5) is 30.0. The minimum absolute atomic E-state index is 0.108. The number of benzene rings is 2. The number of hydrogen-bond donors (Lipinski definition) is 1. The predicted molar refractivity (Wildman–Crippen MR) is 147 cm³/mol. The summed E-state index contributed by atoms with van der Waals surface area (Å²) in [6.07, 6.45) is 10.0. The Kier molecular flexibility index (Phi) is 6.77. The number of nitrogens with zero attached hydrogens (tertiary/aromatic N) is 4. The molecule has 2 aromatic carbocycles. The number of rotatable bonds is 5. The second kappa shape index (κ2) is 10.5. The third-order valence-electron chi connectivity index (χ3n) is 7.58. The summed E-state index contributed by atoms with van der Waals surface area (Å²) >= 11 is 6.54. The highest BCUT2D eigenvalue weighted by Gasteiger charge is 2.40. The molecule has 2 amide bonds. The van der Waals surface area contributed by atoms with E-state index < -0.39 is 6.04 Å². The van der Waals surface area contributed by atoms with Gasteiger partial charge in [-0.05, 0) is 48.7 Å². The van der Waals surface area contributed by atoms with Crippen molar-refractivity contribution in [2.45, 2.75) is 57.2 Å². The molecule has 1 fully saturated rings. The van der Waals surface area contributed by atoms with E-state index in [9.17, 15) is 9.59 Å². The maximum absolute atomic E-state index is 14.3. The SMILES string of the molecule is O=C(NC1CCCCCC1)C1c2cccn2-c2c(cnn2-c2ccccc2)C(=O)N1Cc1ccccc1Cl. The van der Waals surface area contributed by atoms with Crippen LogP contribution in [0.1, 0.15) is 66.2 Å². The van der Waals surface area contributed by atoms with Crippen LogP contribution in [-0.2, 0) is 11.3 Å². The minimum Gasteiger partial charge on any atom is -0.351 e. The second-order valence-electron chi connectivity index (χ2n) is 10.1. The van der Waals surface area contributed by atoms with Gasteiger partial charge >= 0.3 is 0 Å². The quantitative estimate of drug-likeness (QED) is 0.331. The smallest absolute Gasteiger partial charge is 0.260 e. The van der Waals surface area contributed by atoms with Crippen molar-refractivity contribution < 1.29 is 9.59 Å².